The van der Waals surface area contributed by atoms with Crippen molar-refractivity contribution in [1.82, 2.24) is 0 Å². The molecule has 0 aromatic heterocycles. The van der Waals surface area contributed by atoms with Gasteiger partial charge in [-0.15, -0.1) is 12.6 Å². The molecule has 42 valence electrons. The Balaban J connectivity index is 3.03. The standard InChI is InChI=1S/C6H5BrS/c7-5-1-3-6(8)4-2-5/h1-4,8H/i1+1,2+1,3+1,4+1,5+1,6+1. The van der Waals surface area contributed by atoms with Crippen LogP contribution in [-0.4, -0.2) is 0 Å². The molecule has 0 aliphatic carbocycles. The fourth-order valence-corrected chi connectivity index (χ4v) is 0.854. The summed E-state index contributed by atoms with van der Waals surface area (Å²) in [5.74, 6) is 0. The molecule has 0 nitrogen and oxygen atoms in total. The Bertz CT molecular complexity index is 147. The number of rotatable bonds is 0. The van der Waals surface area contributed by atoms with Crippen molar-refractivity contribution >= 4 is 28.6 Å². The first-order valence-corrected chi connectivity index (χ1v) is 3.47. The molecule has 0 radical (unpaired) electrons. The first-order chi connectivity index (χ1) is 3.79. The molecule has 0 bridgehead atoms. The molecular formula is C6H5BrS. The molecule has 1 aromatic carbocycles. The predicted molar refractivity (Wildman–Crippen MR) is 41.4 cm³/mol. The largest absolute Gasteiger partial charge is 0.143 e. The lowest BCUT2D eigenvalue weighted by Gasteiger charge is -1.87. The number of halogens is 1. The minimum Gasteiger partial charge on any atom is -0.143 e. The van der Waals surface area contributed by atoms with Crippen LogP contribution in [0, 0.1) is 0 Å². The van der Waals surface area contributed by atoms with Gasteiger partial charge in [0, 0.05) is 9.37 Å². The van der Waals surface area contributed by atoms with Crippen molar-refractivity contribution in [3.63, 3.8) is 0 Å². The van der Waals surface area contributed by atoms with Gasteiger partial charge in [0.25, 0.3) is 0 Å². The predicted octanol–water partition coefficient (Wildman–Crippen LogP) is 2.74. The average molecular weight is 195 g/mol. The summed E-state index contributed by atoms with van der Waals surface area (Å²) in [4.78, 5) is 0.994. The number of hydrogen-bond acceptors (Lipinski definition) is 1. The zero-order chi connectivity index (χ0) is 5.98. The second kappa shape index (κ2) is 2.55. The number of thiol groups is 1. The molecule has 0 saturated carbocycles. The molecule has 0 heterocycles. The lowest BCUT2D eigenvalue weighted by molar-refractivity contribution is 1.46. The van der Waals surface area contributed by atoms with Crippen LogP contribution in [0.15, 0.2) is 33.6 Å². The highest BCUT2D eigenvalue weighted by molar-refractivity contribution is 9.10. The van der Waals surface area contributed by atoms with Gasteiger partial charge in [-0.2, -0.15) is 0 Å². The van der Waals surface area contributed by atoms with Gasteiger partial charge >= 0.3 is 0 Å². The van der Waals surface area contributed by atoms with Crippen molar-refractivity contribution in [1.29, 1.82) is 0 Å². The Morgan fingerprint density at radius 2 is 1.62 bits per heavy atom. The summed E-state index contributed by atoms with van der Waals surface area (Å²) in [7, 11) is 0. The van der Waals surface area contributed by atoms with Gasteiger partial charge in [-0.05, 0) is 24.3 Å². The molecule has 0 aliphatic rings. The van der Waals surface area contributed by atoms with Crippen LogP contribution in [-0.2, 0) is 0 Å². The fourth-order valence-electron chi connectivity index (χ4n) is 0.441. The van der Waals surface area contributed by atoms with Gasteiger partial charge in [-0.25, -0.2) is 0 Å². The van der Waals surface area contributed by atoms with Gasteiger partial charge in [0.05, 0.1) is 0 Å². The highest BCUT2D eigenvalue weighted by Crippen LogP contribution is 2.11. The fraction of sp³-hybridized carbons (Fsp3) is 0. The molecule has 2 heteroatoms. The van der Waals surface area contributed by atoms with E-state index in [-0.39, 0.29) is 0 Å². The van der Waals surface area contributed by atoms with Gasteiger partial charge in [0.15, 0.2) is 0 Å². The molecule has 0 saturated heterocycles. The van der Waals surface area contributed by atoms with Crippen LogP contribution < -0.4 is 0 Å². The smallest absolute Gasteiger partial charge is 0.0176 e. The minimum atomic E-state index is 0.994. The molecule has 0 spiro atoms. The van der Waals surface area contributed by atoms with Crippen LogP contribution >= 0.6 is 28.6 Å². The van der Waals surface area contributed by atoms with Gasteiger partial charge in [-0.1, -0.05) is 15.9 Å². The molecular weight excluding hydrogens is 190 g/mol. The van der Waals surface area contributed by atoms with E-state index >= 15 is 0 Å². The molecule has 0 amide bonds. The highest BCUT2D eigenvalue weighted by Gasteiger charge is 1.82. The molecule has 0 unspecified atom stereocenters. The summed E-state index contributed by atoms with van der Waals surface area (Å²) in [5.41, 5.74) is 0. The van der Waals surface area contributed by atoms with Crippen molar-refractivity contribution in [3.05, 3.63) is 28.7 Å². The van der Waals surface area contributed by atoms with E-state index in [4.69, 9.17) is 0 Å². The van der Waals surface area contributed by atoms with E-state index in [1.54, 1.807) is 0 Å². The Hall–Kier alpha value is 0.0500. The maximum atomic E-state index is 4.11. The van der Waals surface area contributed by atoms with Gasteiger partial charge in [0.1, 0.15) is 0 Å². The summed E-state index contributed by atoms with van der Waals surface area (Å²) < 4.78 is 1.09. The summed E-state index contributed by atoms with van der Waals surface area (Å²) in [5, 5.41) is 0. The summed E-state index contributed by atoms with van der Waals surface area (Å²) in [6.07, 6.45) is 0. The van der Waals surface area contributed by atoms with Crippen LogP contribution in [0.25, 0.3) is 0 Å². The van der Waals surface area contributed by atoms with Crippen molar-refractivity contribution in [3.8, 4) is 0 Å². The Labute approximate surface area is 62.5 Å². The first-order valence-electron chi connectivity index (χ1n) is 2.23. The molecule has 0 atom stereocenters. The van der Waals surface area contributed by atoms with Crippen LogP contribution in [0.5, 0.6) is 0 Å². The van der Waals surface area contributed by atoms with Crippen LogP contribution in [0.1, 0.15) is 0 Å². The zero-order valence-electron chi connectivity index (χ0n) is 4.13. The van der Waals surface area contributed by atoms with Crippen molar-refractivity contribution in [2.45, 2.75) is 4.90 Å². The molecule has 1 rings (SSSR count). The highest BCUT2D eigenvalue weighted by atomic mass is 79.9. The van der Waals surface area contributed by atoms with E-state index in [0.29, 0.717) is 0 Å². The normalized spacial score (nSPS) is 9.25. The van der Waals surface area contributed by atoms with Gasteiger partial charge < -0.3 is 0 Å². The van der Waals surface area contributed by atoms with Crippen LogP contribution in [0.3, 0.4) is 0 Å². The van der Waals surface area contributed by atoms with E-state index in [1.807, 2.05) is 24.3 Å². The Kier molecular flexibility index (Phi) is 1.97. The molecule has 0 fully saturated rings. The molecule has 1 aromatic rings. The topological polar surface area (TPSA) is 0 Å². The Morgan fingerprint density at radius 1 is 1.12 bits per heavy atom. The van der Waals surface area contributed by atoms with Gasteiger partial charge in [-0.3, -0.25) is 0 Å². The van der Waals surface area contributed by atoms with Crippen molar-refractivity contribution < 1.29 is 0 Å². The van der Waals surface area contributed by atoms with E-state index in [9.17, 15) is 0 Å². The second-order valence-corrected chi connectivity index (χ2v) is 2.91. The summed E-state index contributed by atoms with van der Waals surface area (Å²) >= 11 is 7.42. The SMILES string of the molecule is S[13c]1[13cH][13cH][13c](Br)[13cH][13cH]1. The first kappa shape index (κ1) is 6.17. The monoisotopic (exact) mass is 194 g/mol. The van der Waals surface area contributed by atoms with E-state index in [2.05, 4.69) is 28.6 Å². The third-order valence-corrected chi connectivity index (χ3v) is 1.65. The lowest BCUT2D eigenvalue weighted by Crippen LogP contribution is -1.62. The van der Waals surface area contributed by atoms with E-state index < -0.39 is 0 Å². The minimum absolute atomic E-state index is 0.994. The van der Waals surface area contributed by atoms with E-state index in [1.165, 1.54) is 0 Å². The number of hydrogen-bond donors (Lipinski definition) is 1. The summed E-state index contributed by atoms with van der Waals surface area (Å²) in [6, 6.07) is 7.80. The molecule has 8 heavy (non-hydrogen) atoms. The average Bonchev–Trinajstić information content (AvgIpc) is 1.77. The van der Waals surface area contributed by atoms with E-state index in [0.717, 1.165) is 9.37 Å². The maximum absolute atomic E-state index is 4.11. The zero-order valence-corrected chi connectivity index (χ0v) is 6.62. The Morgan fingerprint density at radius 3 is 2.00 bits per heavy atom. The van der Waals surface area contributed by atoms with Crippen LogP contribution in [0.2, 0.25) is 0 Å². The maximum Gasteiger partial charge on any atom is 0.0176 e. The third kappa shape index (κ3) is 1.53. The molecule has 0 N–H and O–H groups in total. The lowest BCUT2D eigenvalue weighted by atomic mass is 11.4. The van der Waals surface area contributed by atoms with Crippen molar-refractivity contribution in [2.75, 3.05) is 0 Å². The summed E-state index contributed by atoms with van der Waals surface area (Å²) in [6.45, 7) is 0. The van der Waals surface area contributed by atoms with Crippen LogP contribution in [0.4, 0.5) is 0 Å². The molecule has 0 aliphatic heterocycles. The quantitative estimate of drug-likeness (QED) is 0.604. The second-order valence-electron chi connectivity index (χ2n) is 1.48. The van der Waals surface area contributed by atoms with Gasteiger partial charge in [0.2, 0.25) is 0 Å². The number of benzene rings is 1. The third-order valence-electron chi connectivity index (χ3n) is 0.827. The van der Waals surface area contributed by atoms with Crippen molar-refractivity contribution in [2.24, 2.45) is 0 Å².